The lowest BCUT2D eigenvalue weighted by Gasteiger charge is -2.16. The maximum absolute atomic E-state index is 11.8. The van der Waals surface area contributed by atoms with Gasteiger partial charge in [0, 0.05) is 11.6 Å². The molecule has 2 atom stereocenters. The van der Waals surface area contributed by atoms with E-state index in [1.807, 2.05) is 0 Å². The Bertz CT molecular complexity index is 917. The summed E-state index contributed by atoms with van der Waals surface area (Å²) in [7, 11) is 2.90. The second-order valence-electron chi connectivity index (χ2n) is 5.94. The number of aromatic hydroxyl groups is 1. The largest absolute Gasteiger partial charge is 0.504 e. The Balaban J connectivity index is 2.06. The molecule has 0 fully saturated rings. The number of carboxylic acids is 1. The summed E-state index contributed by atoms with van der Waals surface area (Å²) in [6.45, 7) is 0. The first-order valence-electron chi connectivity index (χ1n) is 8.10. The van der Waals surface area contributed by atoms with Crippen LogP contribution in [0.1, 0.15) is 28.7 Å². The molecule has 0 saturated heterocycles. The summed E-state index contributed by atoms with van der Waals surface area (Å²) in [6.07, 6.45) is 2.58. The number of methoxy groups -OCH3 is 2. The number of ether oxygens (including phenoxy) is 3. The standard InChI is InChI=1S/C20H18O7/c1-25-16-9-12(4-5-15(16)22)19-14(10-21)13-7-11(3-6-18(23)24)8-17(26-2)20(13)27-19/h3-10,14,19,22H,1-2H3,(H,23,24). The first-order chi connectivity index (χ1) is 13.0. The maximum Gasteiger partial charge on any atom is 0.328 e. The molecule has 0 saturated carbocycles. The highest BCUT2D eigenvalue weighted by atomic mass is 16.5. The van der Waals surface area contributed by atoms with E-state index in [1.165, 1.54) is 26.4 Å². The van der Waals surface area contributed by atoms with Crippen molar-refractivity contribution < 1.29 is 34.0 Å². The van der Waals surface area contributed by atoms with Crippen molar-refractivity contribution in [3.8, 4) is 23.0 Å². The van der Waals surface area contributed by atoms with E-state index in [0.29, 0.717) is 28.2 Å². The monoisotopic (exact) mass is 370 g/mol. The molecule has 0 radical (unpaired) electrons. The topological polar surface area (TPSA) is 102 Å². The number of hydrogen-bond acceptors (Lipinski definition) is 6. The zero-order valence-corrected chi connectivity index (χ0v) is 14.7. The van der Waals surface area contributed by atoms with Gasteiger partial charge < -0.3 is 29.2 Å². The highest BCUT2D eigenvalue weighted by molar-refractivity contribution is 5.86. The number of benzene rings is 2. The fourth-order valence-electron chi connectivity index (χ4n) is 3.09. The van der Waals surface area contributed by atoms with Crippen molar-refractivity contribution in [1.29, 1.82) is 0 Å². The van der Waals surface area contributed by atoms with Gasteiger partial charge in [0.2, 0.25) is 0 Å². The van der Waals surface area contributed by atoms with E-state index in [-0.39, 0.29) is 11.5 Å². The molecule has 0 spiro atoms. The number of phenols is 1. The number of carboxylic acid groups (broad SMARTS) is 1. The lowest BCUT2D eigenvalue weighted by molar-refractivity contribution is -0.131. The van der Waals surface area contributed by atoms with Crippen molar-refractivity contribution >= 4 is 18.3 Å². The predicted octanol–water partition coefficient (Wildman–Crippen LogP) is 2.92. The summed E-state index contributed by atoms with van der Waals surface area (Å²) in [4.78, 5) is 22.6. The third-order valence-corrected chi connectivity index (χ3v) is 4.35. The molecule has 2 unspecified atom stereocenters. The van der Waals surface area contributed by atoms with Gasteiger partial charge in [-0.3, -0.25) is 0 Å². The molecule has 0 aromatic heterocycles. The smallest absolute Gasteiger partial charge is 0.328 e. The number of hydrogen-bond donors (Lipinski definition) is 2. The fourth-order valence-corrected chi connectivity index (χ4v) is 3.09. The average molecular weight is 370 g/mol. The summed E-state index contributed by atoms with van der Waals surface area (Å²) in [5.41, 5.74) is 1.83. The number of fused-ring (bicyclic) bond motifs is 1. The average Bonchev–Trinajstić information content (AvgIpc) is 3.04. The summed E-state index contributed by atoms with van der Waals surface area (Å²) in [6, 6.07) is 8.08. The lowest BCUT2D eigenvalue weighted by atomic mass is 9.91. The van der Waals surface area contributed by atoms with Crippen LogP contribution in [0.5, 0.6) is 23.0 Å². The van der Waals surface area contributed by atoms with E-state index < -0.39 is 18.0 Å². The van der Waals surface area contributed by atoms with Crippen molar-refractivity contribution in [3.05, 3.63) is 53.1 Å². The molecule has 140 valence electrons. The van der Waals surface area contributed by atoms with Gasteiger partial charge in [0.25, 0.3) is 0 Å². The van der Waals surface area contributed by atoms with Gasteiger partial charge in [-0.2, -0.15) is 0 Å². The molecule has 7 nitrogen and oxygen atoms in total. The summed E-state index contributed by atoms with van der Waals surface area (Å²) in [5, 5.41) is 18.6. The van der Waals surface area contributed by atoms with Crippen LogP contribution in [0.25, 0.3) is 6.08 Å². The minimum Gasteiger partial charge on any atom is -0.504 e. The molecule has 2 aromatic carbocycles. The molecule has 0 bridgehead atoms. The van der Waals surface area contributed by atoms with E-state index in [4.69, 9.17) is 19.3 Å². The van der Waals surface area contributed by atoms with Gasteiger partial charge in [-0.05, 0) is 41.5 Å². The maximum atomic E-state index is 11.8. The van der Waals surface area contributed by atoms with Gasteiger partial charge in [0.1, 0.15) is 12.4 Å². The highest BCUT2D eigenvalue weighted by Crippen LogP contribution is 2.50. The molecule has 2 N–H and O–H groups in total. The zero-order chi connectivity index (χ0) is 19.6. The molecule has 7 heteroatoms. The molecule has 1 aliphatic rings. The van der Waals surface area contributed by atoms with Crippen LogP contribution in [0.4, 0.5) is 0 Å². The van der Waals surface area contributed by atoms with E-state index in [2.05, 4.69) is 0 Å². The van der Waals surface area contributed by atoms with Crippen molar-refractivity contribution in [2.75, 3.05) is 14.2 Å². The summed E-state index contributed by atoms with van der Waals surface area (Å²) >= 11 is 0. The molecule has 0 aliphatic carbocycles. The summed E-state index contributed by atoms with van der Waals surface area (Å²) in [5.74, 6) is -0.614. The highest BCUT2D eigenvalue weighted by Gasteiger charge is 2.38. The Morgan fingerprint density at radius 2 is 1.89 bits per heavy atom. The Hall–Kier alpha value is -3.48. The number of carbonyl (C=O) groups is 2. The number of phenolic OH excluding ortho intramolecular Hbond substituents is 1. The van der Waals surface area contributed by atoms with Crippen molar-refractivity contribution in [2.24, 2.45) is 0 Å². The first kappa shape index (κ1) is 18.3. The van der Waals surface area contributed by atoms with Gasteiger partial charge in [-0.15, -0.1) is 0 Å². The normalized spacial score (nSPS) is 18.0. The summed E-state index contributed by atoms with van der Waals surface area (Å²) < 4.78 is 16.5. The molecule has 1 aliphatic heterocycles. The second-order valence-corrected chi connectivity index (χ2v) is 5.94. The van der Waals surface area contributed by atoms with Crippen LogP contribution in [0.2, 0.25) is 0 Å². The van der Waals surface area contributed by atoms with E-state index in [9.17, 15) is 14.7 Å². The number of rotatable bonds is 6. The van der Waals surface area contributed by atoms with Crippen LogP contribution in [-0.2, 0) is 9.59 Å². The molecule has 0 amide bonds. The molecule has 1 heterocycles. The molecular weight excluding hydrogens is 352 g/mol. The minimum atomic E-state index is -1.08. The Morgan fingerprint density at radius 3 is 2.52 bits per heavy atom. The van der Waals surface area contributed by atoms with E-state index >= 15 is 0 Å². The molecular formula is C20H18O7. The lowest BCUT2D eigenvalue weighted by Crippen LogP contribution is -2.11. The van der Waals surface area contributed by atoms with E-state index in [0.717, 1.165) is 12.4 Å². The second kappa shape index (κ2) is 7.41. The van der Waals surface area contributed by atoms with Crippen LogP contribution in [0.15, 0.2) is 36.4 Å². The number of aliphatic carboxylic acids is 1. The van der Waals surface area contributed by atoms with Gasteiger partial charge in [0.05, 0.1) is 20.1 Å². The van der Waals surface area contributed by atoms with Crippen molar-refractivity contribution in [3.63, 3.8) is 0 Å². The molecule has 3 rings (SSSR count). The van der Waals surface area contributed by atoms with Crippen molar-refractivity contribution in [2.45, 2.75) is 12.0 Å². The number of carbonyl (C=O) groups excluding carboxylic acids is 1. The van der Waals surface area contributed by atoms with Crippen LogP contribution in [-0.4, -0.2) is 36.7 Å². The van der Waals surface area contributed by atoms with Gasteiger partial charge in [-0.25, -0.2) is 4.79 Å². The van der Waals surface area contributed by atoms with Crippen LogP contribution < -0.4 is 14.2 Å². The third kappa shape index (κ3) is 3.44. The van der Waals surface area contributed by atoms with Crippen LogP contribution >= 0.6 is 0 Å². The predicted molar refractivity (Wildman–Crippen MR) is 96.5 cm³/mol. The van der Waals surface area contributed by atoms with Gasteiger partial charge in [0.15, 0.2) is 23.0 Å². The van der Waals surface area contributed by atoms with Crippen LogP contribution in [0.3, 0.4) is 0 Å². The van der Waals surface area contributed by atoms with E-state index in [1.54, 1.807) is 24.3 Å². The number of aldehydes is 1. The quantitative estimate of drug-likeness (QED) is 0.595. The fraction of sp³-hybridized carbons (Fsp3) is 0.200. The van der Waals surface area contributed by atoms with Crippen LogP contribution in [0, 0.1) is 0 Å². The molecule has 27 heavy (non-hydrogen) atoms. The van der Waals surface area contributed by atoms with Gasteiger partial charge in [-0.1, -0.05) is 6.07 Å². The Kier molecular flexibility index (Phi) is 5.03. The Morgan fingerprint density at radius 1 is 1.15 bits per heavy atom. The van der Waals surface area contributed by atoms with Gasteiger partial charge >= 0.3 is 5.97 Å². The SMILES string of the molecule is COc1cc(C2Oc3c(OC)cc(C=CC(=O)O)cc3C2C=O)ccc1O. The first-order valence-corrected chi connectivity index (χ1v) is 8.10. The third-order valence-electron chi connectivity index (χ3n) is 4.35. The Labute approximate surface area is 155 Å². The van der Waals surface area contributed by atoms with Crippen molar-refractivity contribution in [1.82, 2.24) is 0 Å². The minimum absolute atomic E-state index is 0.0157. The zero-order valence-electron chi connectivity index (χ0n) is 14.7. The molecule has 2 aromatic rings.